The summed E-state index contributed by atoms with van der Waals surface area (Å²) >= 11 is 0. The van der Waals surface area contributed by atoms with Crippen molar-refractivity contribution in [2.75, 3.05) is 0 Å². The van der Waals surface area contributed by atoms with Crippen LogP contribution in [0.3, 0.4) is 0 Å². The van der Waals surface area contributed by atoms with Crippen molar-refractivity contribution in [1.82, 2.24) is 5.32 Å². The molecule has 2 rings (SSSR count). The van der Waals surface area contributed by atoms with Crippen LogP contribution in [0.1, 0.15) is 60.8 Å². The van der Waals surface area contributed by atoms with E-state index in [1.807, 2.05) is 20.8 Å². The fourth-order valence-electron chi connectivity index (χ4n) is 4.08. The lowest BCUT2D eigenvalue weighted by atomic mass is 9.69. The van der Waals surface area contributed by atoms with Crippen molar-refractivity contribution >= 4 is 5.91 Å². The Morgan fingerprint density at radius 3 is 2.26 bits per heavy atom. The standard InChI is InChI=1S/C16H30N2O/c1-14(2,3)12(17)13(19)18-11-9-10-7-8-16(11,6)15(10,4)5/h10-12H,7-9,17H2,1-6H3,(H,18,19)/t10?,11?,12-,16?/m0/s1. The van der Waals surface area contributed by atoms with Gasteiger partial charge in [0, 0.05) is 6.04 Å². The lowest BCUT2D eigenvalue weighted by Crippen LogP contribution is -2.55. The minimum absolute atomic E-state index is 0.0158. The highest BCUT2D eigenvalue weighted by Crippen LogP contribution is 2.65. The first-order valence-electron chi connectivity index (χ1n) is 7.56. The first-order chi connectivity index (χ1) is 8.50. The van der Waals surface area contributed by atoms with Crippen LogP contribution in [0.2, 0.25) is 0 Å². The summed E-state index contributed by atoms with van der Waals surface area (Å²) in [6.45, 7) is 13.1. The lowest BCUT2D eigenvalue weighted by Gasteiger charge is -2.40. The minimum atomic E-state index is -0.432. The zero-order valence-electron chi connectivity index (χ0n) is 13.3. The van der Waals surface area contributed by atoms with Crippen LogP contribution in [0, 0.1) is 22.2 Å². The Labute approximate surface area is 117 Å². The summed E-state index contributed by atoms with van der Waals surface area (Å²) in [4.78, 5) is 12.3. The van der Waals surface area contributed by atoms with Crippen LogP contribution in [-0.2, 0) is 4.79 Å². The van der Waals surface area contributed by atoms with E-state index >= 15 is 0 Å². The Hall–Kier alpha value is -0.570. The molecule has 4 atom stereocenters. The molecule has 2 aliphatic carbocycles. The van der Waals surface area contributed by atoms with Crippen LogP contribution >= 0.6 is 0 Å². The molecule has 3 nitrogen and oxygen atoms in total. The van der Waals surface area contributed by atoms with Crippen molar-refractivity contribution in [2.24, 2.45) is 27.9 Å². The molecule has 0 aromatic heterocycles. The smallest absolute Gasteiger partial charge is 0.237 e. The first-order valence-corrected chi connectivity index (χ1v) is 7.56. The number of carbonyl (C=O) groups is 1. The molecule has 2 aliphatic rings. The summed E-state index contributed by atoms with van der Waals surface area (Å²) in [5, 5.41) is 3.25. The van der Waals surface area contributed by atoms with E-state index in [0.29, 0.717) is 11.5 Å². The maximum Gasteiger partial charge on any atom is 0.237 e. The van der Waals surface area contributed by atoms with E-state index in [9.17, 15) is 4.79 Å². The molecule has 3 heteroatoms. The zero-order chi connectivity index (χ0) is 14.6. The quantitative estimate of drug-likeness (QED) is 0.807. The van der Waals surface area contributed by atoms with Gasteiger partial charge >= 0.3 is 0 Å². The molecule has 0 aromatic rings. The van der Waals surface area contributed by atoms with Gasteiger partial charge in [0.25, 0.3) is 0 Å². The van der Waals surface area contributed by atoms with Crippen LogP contribution < -0.4 is 11.1 Å². The Kier molecular flexibility index (Phi) is 3.29. The van der Waals surface area contributed by atoms with Gasteiger partial charge in [-0.15, -0.1) is 0 Å². The van der Waals surface area contributed by atoms with Crippen LogP contribution in [-0.4, -0.2) is 18.0 Å². The van der Waals surface area contributed by atoms with E-state index in [4.69, 9.17) is 5.73 Å². The normalized spacial score (nSPS) is 38.3. The second-order valence-corrected chi connectivity index (χ2v) is 8.52. The fourth-order valence-corrected chi connectivity index (χ4v) is 4.08. The Bertz CT molecular complexity index is 383. The number of amides is 1. The van der Waals surface area contributed by atoms with Gasteiger partial charge in [-0.05, 0) is 41.4 Å². The zero-order valence-corrected chi connectivity index (χ0v) is 13.3. The van der Waals surface area contributed by atoms with Crippen LogP contribution in [0.15, 0.2) is 0 Å². The molecule has 2 fully saturated rings. The van der Waals surface area contributed by atoms with E-state index in [2.05, 4.69) is 26.1 Å². The van der Waals surface area contributed by atoms with E-state index in [-0.39, 0.29) is 16.7 Å². The number of nitrogens with one attached hydrogen (secondary N) is 1. The number of hydrogen-bond donors (Lipinski definition) is 2. The van der Waals surface area contributed by atoms with Gasteiger partial charge < -0.3 is 11.1 Å². The van der Waals surface area contributed by atoms with Gasteiger partial charge in [-0.3, -0.25) is 4.79 Å². The molecule has 0 aromatic carbocycles. The summed E-state index contributed by atoms with van der Waals surface area (Å²) < 4.78 is 0. The van der Waals surface area contributed by atoms with Crippen LogP contribution in [0.5, 0.6) is 0 Å². The molecule has 19 heavy (non-hydrogen) atoms. The molecule has 2 saturated carbocycles. The highest BCUT2D eigenvalue weighted by Gasteiger charge is 2.61. The number of hydrogen-bond acceptors (Lipinski definition) is 2. The SMILES string of the molecule is CC(C)(C)[C@@H](N)C(=O)NC1CC2CCC1(C)C2(C)C. The molecule has 0 radical (unpaired) electrons. The minimum Gasteiger partial charge on any atom is -0.351 e. The van der Waals surface area contributed by atoms with Crippen molar-refractivity contribution in [3.05, 3.63) is 0 Å². The van der Waals surface area contributed by atoms with Crippen molar-refractivity contribution in [3.63, 3.8) is 0 Å². The summed E-state index contributed by atoms with van der Waals surface area (Å²) in [5.74, 6) is 0.760. The lowest BCUT2D eigenvalue weighted by molar-refractivity contribution is -0.126. The third kappa shape index (κ3) is 2.10. The summed E-state index contributed by atoms with van der Waals surface area (Å²) in [6, 6.07) is -0.138. The van der Waals surface area contributed by atoms with Gasteiger partial charge in [-0.2, -0.15) is 0 Å². The Morgan fingerprint density at radius 2 is 1.89 bits per heavy atom. The number of rotatable bonds is 2. The Balaban J connectivity index is 2.09. The largest absolute Gasteiger partial charge is 0.351 e. The summed E-state index contributed by atoms with van der Waals surface area (Å²) in [7, 11) is 0. The molecular weight excluding hydrogens is 236 g/mol. The van der Waals surface area contributed by atoms with Gasteiger partial charge in [-0.25, -0.2) is 0 Å². The molecular formula is C16H30N2O. The third-order valence-electron chi connectivity index (χ3n) is 6.33. The number of nitrogens with two attached hydrogens (primary N) is 1. The molecule has 1 amide bonds. The number of carbonyl (C=O) groups excluding carboxylic acids is 1. The van der Waals surface area contributed by atoms with Gasteiger partial charge in [0.05, 0.1) is 6.04 Å². The van der Waals surface area contributed by atoms with Crippen molar-refractivity contribution in [2.45, 2.75) is 72.9 Å². The number of fused-ring (bicyclic) bond motifs is 2. The molecule has 0 spiro atoms. The van der Waals surface area contributed by atoms with Crippen molar-refractivity contribution in [1.29, 1.82) is 0 Å². The van der Waals surface area contributed by atoms with Crippen molar-refractivity contribution < 1.29 is 4.79 Å². The highest BCUT2D eigenvalue weighted by atomic mass is 16.2. The summed E-state index contributed by atoms with van der Waals surface area (Å²) in [6.07, 6.45) is 3.65. The highest BCUT2D eigenvalue weighted by molar-refractivity contribution is 5.82. The first kappa shape index (κ1) is 14.8. The van der Waals surface area contributed by atoms with Crippen molar-refractivity contribution in [3.8, 4) is 0 Å². The summed E-state index contributed by atoms with van der Waals surface area (Å²) in [5.41, 5.74) is 6.44. The van der Waals surface area contributed by atoms with E-state index in [1.165, 1.54) is 12.8 Å². The van der Waals surface area contributed by atoms with E-state index in [1.54, 1.807) is 0 Å². The second-order valence-electron chi connectivity index (χ2n) is 8.52. The maximum absolute atomic E-state index is 12.3. The topological polar surface area (TPSA) is 55.1 Å². The molecule has 0 saturated heterocycles. The molecule has 110 valence electrons. The van der Waals surface area contributed by atoms with Crippen LogP contribution in [0.25, 0.3) is 0 Å². The average molecular weight is 266 g/mol. The molecule has 3 unspecified atom stereocenters. The van der Waals surface area contributed by atoms with Gasteiger partial charge in [0.15, 0.2) is 0 Å². The van der Waals surface area contributed by atoms with E-state index in [0.717, 1.165) is 12.3 Å². The van der Waals surface area contributed by atoms with Gasteiger partial charge in [0.1, 0.15) is 0 Å². The Morgan fingerprint density at radius 1 is 1.32 bits per heavy atom. The molecule has 3 N–H and O–H groups in total. The predicted molar refractivity (Wildman–Crippen MR) is 78.6 cm³/mol. The predicted octanol–water partition coefficient (Wildman–Crippen LogP) is 2.69. The van der Waals surface area contributed by atoms with Gasteiger partial charge in [-0.1, -0.05) is 41.5 Å². The van der Waals surface area contributed by atoms with Gasteiger partial charge in [0.2, 0.25) is 5.91 Å². The monoisotopic (exact) mass is 266 g/mol. The second kappa shape index (κ2) is 4.21. The fraction of sp³-hybridized carbons (Fsp3) is 0.938. The van der Waals surface area contributed by atoms with Crippen LogP contribution in [0.4, 0.5) is 0 Å². The average Bonchev–Trinajstić information content (AvgIpc) is 2.59. The molecule has 0 heterocycles. The third-order valence-corrected chi connectivity index (χ3v) is 6.33. The molecule has 2 bridgehead atoms. The van der Waals surface area contributed by atoms with E-state index < -0.39 is 6.04 Å². The maximum atomic E-state index is 12.3. The molecule has 0 aliphatic heterocycles.